The van der Waals surface area contributed by atoms with E-state index in [2.05, 4.69) is 36.2 Å². The molecule has 1 unspecified atom stereocenters. The number of likely N-dealkylation sites (tertiary alicyclic amines) is 1. The Labute approximate surface area is 172 Å². The molecular formula is C21H22BrN5O. The van der Waals surface area contributed by atoms with Crippen LogP contribution in [0.25, 0.3) is 10.9 Å². The third kappa shape index (κ3) is 3.99. The molecule has 0 bridgehead atoms. The maximum absolute atomic E-state index is 13.4. The summed E-state index contributed by atoms with van der Waals surface area (Å²) in [5, 5.41) is 4.18. The Bertz CT molecular complexity index is 992. The molecule has 1 fully saturated rings. The van der Waals surface area contributed by atoms with Crippen LogP contribution in [0.3, 0.4) is 0 Å². The molecule has 1 atom stereocenters. The van der Waals surface area contributed by atoms with Gasteiger partial charge in [0.05, 0.1) is 9.99 Å². The number of fused-ring (bicyclic) bond motifs is 1. The summed E-state index contributed by atoms with van der Waals surface area (Å²) in [5.74, 6) is 0.644. The summed E-state index contributed by atoms with van der Waals surface area (Å²) >= 11 is 3.34. The zero-order chi connectivity index (χ0) is 19.5. The summed E-state index contributed by atoms with van der Waals surface area (Å²) in [5.41, 5.74) is 2.53. The molecule has 0 radical (unpaired) electrons. The molecule has 1 aromatic carbocycles. The highest BCUT2D eigenvalue weighted by molar-refractivity contribution is 9.10. The highest BCUT2D eigenvalue weighted by Crippen LogP contribution is 2.24. The van der Waals surface area contributed by atoms with Crippen molar-refractivity contribution in [3.63, 3.8) is 0 Å². The Balaban J connectivity index is 1.55. The zero-order valence-electron chi connectivity index (χ0n) is 15.7. The average Bonchev–Trinajstić information content (AvgIpc) is 2.72. The second-order valence-electron chi connectivity index (χ2n) is 7.08. The topological polar surface area (TPSA) is 71.0 Å². The second-order valence-corrected chi connectivity index (χ2v) is 7.99. The van der Waals surface area contributed by atoms with E-state index in [4.69, 9.17) is 0 Å². The second kappa shape index (κ2) is 8.22. The van der Waals surface area contributed by atoms with Crippen molar-refractivity contribution < 1.29 is 4.79 Å². The van der Waals surface area contributed by atoms with Crippen LogP contribution in [0.2, 0.25) is 0 Å². The standard InChI is InChI=1S/C21H22BrN5O/c1-14-8-9-17-18(6-4-7-19(17)26-14)20(28)27-10-3-2-5-16(27)13-25-21-23-11-15(22)12-24-21/h4,6-9,11-12,16H,2-3,5,10,13H2,1H3,(H,23,24,25). The minimum Gasteiger partial charge on any atom is -0.352 e. The van der Waals surface area contributed by atoms with E-state index >= 15 is 0 Å². The number of aromatic nitrogens is 3. The molecule has 0 aliphatic carbocycles. The lowest BCUT2D eigenvalue weighted by Crippen LogP contribution is -2.47. The van der Waals surface area contributed by atoms with Crippen LogP contribution in [0.1, 0.15) is 35.3 Å². The summed E-state index contributed by atoms with van der Waals surface area (Å²) in [6.45, 7) is 3.36. The van der Waals surface area contributed by atoms with E-state index in [9.17, 15) is 4.79 Å². The van der Waals surface area contributed by atoms with Gasteiger partial charge in [0.15, 0.2) is 0 Å². The lowest BCUT2D eigenvalue weighted by molar-refractivity contribution is 0.0630. The van der Waals surface area contributed by atoms with Crippen LogP contribution in [0.4, 0.5) is 5.95 Å². The molecule has 2 aromatic heterocycles. The van der Waals surface area contributed by atoms with Crippen LogP contribution in [0.5, 0.6) is 0 Å². The summed E-state index contributed by atoms with van der Waals surface area (Å²) in [7, 11) is 0. The number of benzene rings is 1. The van der Waals surface area contributed by atoms with E-state index in [0.29, 0.717) is 12.5 Å². The SMILES string of the molecule is Cc1ccc2c(C(=O)N3CCCCC3CNc3ncc(Br)cn3)cccc2n1. The van der Waals surface area contributed by atoms with Crippen molar-refractivity contribution in [3.05, 3.63) is 58.5 Å². The van der Waals surface area contributed by atoms with Crippen molar-refractivity contribution in [1.82, 2.24) is 19.9 Å². The first kappa shape index (κ1) is 18.8. The van der Waals surface area contributed by atoms with Gasteiger partial charge in [-0.15, -0.1) is 0 Å². The van der Waals surface area contributed by atoms with Crippen molar-refractivity contribution in [3.8, 4) is 0 Å². The van der Waals surface area contributed by atoms with Gasteiger partial charge in [-0.1, -0.05) is 12.1 Å². The molecule has 1 amide bonds. The first-order valence-electron chi connectivity index (χ1n) is 9.50. The molecule has 144 valence electrons. The number of aryl methyl sites for hydroxylation is 1. The Hall–Kier alpha value is -2.54. The number of anilines is 1. The number of halogens is 1. The number of pyridine rings is 1. The van der Waals surface area contributed by atoms with Crippen molar-refractivity contribution in [2.24, 2.45) is 0 Å². The molecule has 0 saturated carbocycles. The van der Waals surface area contributed by atoms with Crippen LogP contribution in [-0.4, -0.2) is 44.9 Å². The van der Waals surface area contributed by atoms with Crippen molar-refractivity contribution in [2.45, 2.75) is 32.2 Å². The van der Waals surface area contributed by atoms with Crippen LogP contribution < -0.4 is 5.32 Å². The summed E-state index contributed by atoms with van der Waals surface area (Å²) in [6.07, 6.45) is 6.54. The van der Waals surface area contributed by atoms with Gasteiger partial charge in [-0.3, -0.25) is 9.78 Å². The minimum absolute atomic E-state index is 0.0690. The fourth-order valence-corrected chi connectivity index (χ4v) is 3.90. The zero-order valence-corrected chi connectivity index (χ0v) is 17.3. The van der Waals surface area contributed by atoms with Crippen molar-refractivity contribution in [1.29, 1.82) is 0 Å². The minimum atomic E-state index is 0.0690. The maximum Gasteiger partial charge on any atom is 0.254 e. The number of nitrogens with one attached hydrogen (secondary N) is 1. The van der Waals surface area contributed by atoms with Gasteiger partial charge in [0.1, 0.15) is 0 Å². The highest BCUT2D eigenvalue weighted by atomic mass is 79.9. The number of carbonyl (C=O) groups is 1. The molecule has 1 N–H and O–H groups in total. The lowest BCUT2D eigenvalue weighted by Gasteiger charge is -2.36. The number of rotatable bonds is 4. The van der Waals surface area contributed by atoms with Gasteiger partial charge in [-0.2, -0.15) is 0 Å². The van der Waals surface area contributed by atoms with Crippen molar-refractivity contribution in [2.75, 3.05) is 18.4 Å². The van der Waals surface area contributed by atoms with Crippen molar-refractivity contribution >= 4 is 38.7 Å². The van der Waals surface area contributed by atoms with E-state index < -0.39 is 0 Å². The van der Waals surface area contributed by atoms with E-state index in [0.717, 1.165) is 52.4 Å². The molecule has 0 spiro atoms. The molecule has 28 heavy (non-hydrogen) atoms. The van der Waals surface area contributed by atoms with Gasteiger partial charge < -0.3 is 10.2 Å². The molecule has 1 saturated heterocycles. The Morgan fingerprint density at radius 3 is 2.86 bits per heavy atom. The number of piperidine rings is 1. The van der Waals surface area contributed by atoms with E-state index in [1.54, 1.807) is 12.4 Å². The predicted octanol–water partition coefficient (Wildman–Crippen LogP) is 4.20. The quantitative estimate of drug-likeness (QED) is 0.659. The van der Waals surface area contributed by atoms with Gasteiger partial charge in [-0.25, -0.2) is 9.97 Å². The van der Waals surface area contributed by atoms with Gasteiger partial charge in [0.25, 0.3) is 5.91 Å². The number of nitrogens with zero attached hydrogens (tertiary/aromatic N) is 4. The molecule has 4 rings (SSSR count). The average molecular weight is 440 g/mol. The Morgan fingerprint density at radius 2 is 2.04 bits per heavy atom. The fraction of sp³-hybridized carbons (Fsp3) is 0.333. The van der Waals surface area contributed by atoms with Gasteiger partial charge in [0.2, 0.25) is 5.95 Å². The molecule has 1 aliphatic heterocycles. The lowest BCUT2D eigenvalue weighted by atomic mass is 9.99. The third-order valence-corrected chi connectivity index (χ3v) is 5.52. The molecule has 3 heterocycles. The Morgan fingerprint density at radius 1 is 1.21 bits per heavy atom. The molecular weight excluding hydrogens is 418 g/mol. The third-order valence-electron chi connectivity index (χ3n) is 5.11. The van der Waals surface area contributed by atoms with E-state index in [-0.39, 0.29) is 11.9 Å². The molecule has 6 nitrogen and oxygen atoms in total. The molecule has 3 aromatic rings. The monoisotopic (exact) mass is 439 g/mol. The largest absolute Gasteiger partial charge is 0.352 e. The van der Waals surface area contributed by atoms with Crippen LogP contribution >= 0.6 is 15.9 Å². The molecule has 7 heteroatoms. The number of hydrogen-bond donors (Lipinski definition) is 1. The fourth-order valence-electron chi connectivity index (χ4n) is 3.69. The van der Waals surface area contributed by atoms with E-state index in [1.165, 1.54) is 0 Å². The van der Waals surface area contributed by atoms with Gasteiger partial charge in [-0.05, 0) is 60.3 Å². The van der Waals surface area contributed by atoms with Crippen LogP contribution in [0, 0.1) is 6.92 Å². The maximum atomic E-state index is 13.4. The summed E-state index contributed by atoms with van der Waals surface area (Å²) in [6, 6.07) is 9.84. The first-order chi connectivity index (χ1) is 13.6. The summed E-state index contributed by atoms with van der Waals surface area (Å²) in [4.78, 5) is 28.5. The number of carbonyl (C=O) groups excluding carboxylic acids is 1. The van der Waals surface area contributed by atoms with Crippen LogP contribution in [-0.2, 0) is 0 Å². The van der Waals surface area contributed by atoms with Gasteiger partial charge >= 0.3 is 0 Å². The van der Waals surface area contributed by atoms with Gasteiger partial charge in [0, 0.05) is 48.2 Å². The smallest absolute Gasteiger partial charge is 0.254 e. The van der Waals surface area contributed by atoms with Crippen LogP contribution in [0.15, 0.2) is 47.2 Å². The number of amides is 1. The predicted molar refractivity (Wildman–Crippen MR) is 113 cm³/mol. The highest BCUT2D eigenvalue weighted by Gasteiger charge is 2.28. The number of hydrogen-bond acceptors (Lipinski definition) is 5. The Kier molecular flexibility index (Phi) is 5.52. The first-order valence-corrected chi connectivity index (χ1v) is 10.3. The normalized spacial score (nSPS) is 16.9. The van der Waals surface area contributed by atoms with E-state index in [1.807, 2.05) is 42.2 Å². The summed E-state index contributed by atoms with van der Waals surface area (Å²) < 4.78 is 0.840. The molecule has 1 aliphatic rings.